The molecular formula is C24H27F3N2. The minimum absolute atomic E-state index is 0.114. The normalized spacial score (nSPS) is 20.0. The molecule has 0 N–H and O–H groups in total. The molecule has 5 heteroatoms. The highest BCUT2D eigenvalue weighted by Gasteiger charge is 2.21. The van der Waals surface area contributed by atoms with Gasteiger partial charge in [0, 0.05) is 5.56 Å². The topological polar surface area (TPSA) is 24.7 Å². The first-order valence-electron chi connectivity index (χ1n) is 10.4. The second-order valence-electron chi connectivity index (χ2n) is 7.81. The Bertz CT molecular complexity index is 828. The summed E-state index contributed by atoms with van der Waals surface area (Å²) >= 11 is 0. The standard InChI is InChI=1S/C24H27F3N2/c1-2-3-4-17-5-9-20(10-6-17)21-11-7-18(8-12-21)15-28-29-16-19-13-22(25)24(27)23(26)14-19/h7-8,11-17,20H,2-6,9-10H2,1H3/b28-15+,29-16+. The number of benzene rings is 2. The Morgan fingerprint density at radius 3 is 2.03 bits per heavy atom. The summed E-state index contributed by atoms with van der Waals surface area (Å²) in [5.74, 6) is -2.44. The molecule has 0 aromatic heterocycles. The highest BCUT2D eigenvalue weighted by atomic mass is 19.2. The van der Waals surface area contributed by atoms with E-state index in [9.17, 15) is 13.2 Å². The number of hydrogen-bond donors (Lipinski definition) is 0. The molecule has 2 aromatic rings. The van der Waals surface area contributed by atoms with E-state index in [2.05, 4.69) is 29.3 Å². The van der Waals surface area contributed by atoms with E-state index in [4.69, 9.17) is 0 Å². The number of halogens is 3. The number of rotatable bonds is 7. The maximum Gasteiger partial charge on any atom is 0.194 e. The van der Waals surface area contributed by atoms with Crippen molar-refractivity contribution in [3.63, 3.8) is 0 Å². The Kier molecular flexibility index (Phi) is 7.62. The van der Waals surface area contributed by atoms with Crippen LogP contribution in [0, 0.1) is 23.4 Å². The maximum atomic E-state index is 13.2. The molecule has 3 rings (SSSR count). The molecule has 2 aromatic carbocycles. The van der Waals surface area contributed by atoms with E-state index in [1.165, 1.54) is 56.7 Å². The molecule has 0 spiro atoms. The van der Waals surface area contributed by atoms with E-state index in [0.717, 1.165) is 23.6 Å². The third-order valence-corrected chi connectivity index (χ3v) is 5.71. The fourth-order valence-corrected chi connectivity index (χ4v) is 3.98. The predicted molar refractivity (Wildman–Crippen MR) is 112 cm³/mol. The number of nitrogens with zero attached hydrogens (tertiary/aromatic N) is 2. The summed E-state index contributed by atoms with van der Waals surface area (Å²) in [5, 5.41) is 7.69. The van der Waals surface area contributed by atoms with Crippen molar-refractivity contribution in [3.05, 3.63) is 70.5 Å². The molecule has 1 aliphatic carbocycles. The van der Waals surface area contributed by atoms with Crippen molar-refractivity contribution >= 4 is 12.4 Å². The molecule has 0 heterocycles. The molecule has 0 saturated heterocycles. The van der Waals surface area contributed by atoms with Gasteiger partial charge in [0.25, 0.3) is 0 Å². The third-order valence-electron chi connectivity index (χ3n) is 5.71. The van der Waals surface area contributed by atoms with Crippen LogP contribution in [0.1, 0.15) is 74.5 Å². The molecule has 1 aliphatic rings. The molecule has 0 unspecified atom stereocenters. The zero-order chi connectivity index (χ0) is 20.6. The van der Waals surface area contributed by atoms with Crippen LogP contribution in [0.4, 0.5) is 13.2 Å². The summed E-state index contributed by atoms with van der Waals surface area (Å²) in [6.07, 6.45) is 11.9. The van der Waals surface area contributed by atoms with Crippen LogP contribution >= 0.6 is 0 Å². The van der Waals surface area contributed by atoms with Gasteiger partial charge in [0.2, 0.25) is 0 Å². The summed E-state index contributed by atoms with van der Waals surface area (Å²) in [5.41, 5.74) is 2.39. The first kappa shape index (κ1) is 21.3. The molecule has 0 radical (unpaired) electrons. The zero-order valence-electron chi connectivity index (χ0n) is 16.8. The molecule has 29 heavy (non-hydrogen) atoms. The second kappa shape index (κ2) is 10.4. The van der Waals surface area contributed by atoms with Gasteiger partial charge in [-0.05, 0) is 60.8 Å². The first-order chi connectivity index (χ1) is 14.1. The average Bonchev–Trinajstić information content (AvgIpc) is 2.74. The first-order valence-corrected chi connectivity index (χ1v) is 10.4. The van der Waals surface area contributed by atoms with Gasteiger partial charge in [-0.1, -0.05) is 50.5 Å². The molecule has 154 valence electrons. The van der Waals surface area contributed by atoms with Crippen LogP contribution in [0.25, 0.3) is 0 Å². The van der Waals surface area contributed by atoms with Gasteiger partial charge in [-0.25, -0.2) is 13.2 Å². The van der Waals surface area contributed by atoms with Crippen molar-refractivity contribution in [3.8, 4) is 0 Å². The van der Waals surface area contributed by atoms with Crippen molar-refractivity contribution in [2.45, 2.75) is 57.8 Å². The van der Waals surface area contributed by atoms with Crippen LogP contribution in [-0.2, 0) is 0 Å². The number of hydrogen-bond acceptors (Lipinski definition) is 2. The summed E-state index contributed by atoms with van der Waals surface area (Å²) in [7, 11) is 0. The lowest BCUT2D eigenvalue weighted by Crippen LogP contribution is -2.13. The van der Waals surface area contributed by atoms with Crippen molar-refractivity contribution in [1.82, 2.24) is 0 Å². The molecule has 1 saturated carbocycles. The Morgan fingerprint density at radius 1 is 0.862 bits per heavy atom. The lowest BCUT2D eigenvalue weighted by atomic mass is 9.77. The van der Waals surface area contributed by atoms with Gasteiger partial charge in [-0.3, -0.25) is 0 Å². The van der Waals surface area contributed by atoms with Gasteiger partial charge in [-0.15, -0.1) is 0 Å². The van der Waals surface area contributed by atoms with Gasteiger partial charge in [-0.2, -0.15) is 10.2 Å². The highest BCUT2D eigenvalue weighted by molar-refractivity contribution is 5.82. The average molecular weight is 400 g/mol. The van der Waals surface area contributed by atoms with Crippen LogP contribution in [0.5, 0.6) is 0 Å². The summed E-state index contributed by atoms with van der Waals surface area (Å²) in [4.78, 5) is 0. The summed E-state index contributed by atoms with van der Waals surface area (Å²) < 4.78 is 39.3. The molecule has 0 atom stereocenters. The quantitative estimate of drug-likeness (QED) is 0.271. The third kappa shape index (κ3) is 6.02. The maximum absolute atomic E-state index is 13.2. The molecule has 2 nitrogen and oxygen atoms in total. The van der Waals surface area contributed by atoms with E-state index < -0.39 is 17.5 Å². The highest BCUT2D eigenvalue weighted by Crippen LogP contribution is 2.37. The van der Waals surface area contributed by atoms with E-state index in [1.807, 2.05) is 12.1 Å². The van der Waals surface area contributed by atoms with E-state index in [0.29, 0.717) is 5.92 Å². The predicted octanol–water partition coefficient (Wildman–Crippen LogP) is 7.02. The smallest absolute Gasteiger partial charge is 0.194 e. The largest absolute Gasteiger partial charge is 0.204 e. The van der Waals surface area contributed by atoms with E-state index >= 15 is 0 Å². The van der Waals surface area contributed by atoms with Crippen molar-refractivity contribution in [1.29, 1.82) is 0 Å². The van der Waals surface area contributed by atoms with Crippen LogP contribution in [-0.4, -0.2) is 12.4 Å². The Hall–Kier alpha value is -2.43. The Balaban J connectivity index is 1.53. The van der Waals surface area contributed by atoms with Gasteiger partial charge in [0.15, 0.2) is 17.5 Å². The fraction of sp³-hybridized carbons (Fsp3) is 0.417. The van der Waals surface area contributed by atoms with Crippen LogP contribution in [0.3, 0.4) is 0 Å². The van der Waals surface area contributed by atoms with Crippen LogP contribution in [0.2, 0.25) is 0 Å². The van der Waals surface area contributed by atoms with Crippen molar-refractivity contribution in [2.75, 3.05) is 0 Å². The second-order valence-corrected chi connectivity index (χ2v) is 7.81. The zero-order valence-corrected chi connectivity index (χ0v) is 16.8. The number of unbranched alkanes of at least 4 members (excludes halogenated alkanes) is 1. The van der Waals surface area contributed by atoms with E-state index in [1.54, 1.807) is 6.21 Å². The summed E-state index contributed by atoms with van der Waals surface area (Å²) in [6.45, 7) is 2.25. The minimum Gasteiger partial charge on any atom is -0.204 e. The Morgan fingerprint density at radius 2 is 1.45 bits per heavy atom. The lowest BCUT2D eigenvalue weighted by molar-refractivity contribution is 0.304. The van der Waals surface area contributed by atoms with Crippen LogP contribution < -0.4 is 0 Å². The Labute approximate surface area is 170 Å². The molecule has 0 amide bonds. The summed E-state index contributed by atoms with van der Waals surface area (Å²) in [6, 6.07) is 10.1. The molecule has 1 fully saturated rings. The van der Waals surface area contributed by atoms with Crippen LogP contribution in [0.15, 0.2) is 46.6 Å². The molecular weight excluding hydrogens is 373 g/mol. The van der Waals surface area contributed by atoms with Gasteiger partial charge in [0.05, 0.1) is 12.4 Å². The van der Waals surface area contributed by atoms with Crippen molar-refractivity contribution < 1.29 is 13.2 Å². The monoisotopic (exact) mass is 400 g/mol. The van der Waals surface area contributed by atoms with Crippen molar-refractivity contribution in [2.24, 2.45) is 16.1 Å². The van der Waals surface area contributed by atoms with E-state index in [-0.39, 0.29) is 5.56 Å². The SMILES string of the molecule is CCCCC1CCC(c2ccc(/C=N/N=C/c3cc(F)c(F)c(F)c3)cc2)CC1. The van der Waals surface area contributed by atoms with Gasteiger partial charge in [0.1, 0.15) is 0 Å². The van der Waals surface area contributed by atoms with Gasteiger partial charge < -0.3 is 0 Å². The van der Waals surface area contributed by atoms with Gasteiger partial charge >= 0.3 is 0 Å². The molecule has 0 aliphatic heterocycles. The molecule has 0 bridgehead atoms. The fourth-order valence-electron chi connectivity index (χ4n) is 3.98. The lowest BCUT2D eigenvalue weighted by Gasteiger charge is -2.28. The minimum atomic E-state index is -1.49.